The van der Waals surface area contributed by atoms with E-state index in [1.165, 1.54) is 26.9 Å². The average Bonchev–Trinajstić information content (AvgIpc) is 2.53. The molecule has 1 heterocycles. The molecule has 0 aromatic heterocycles. The topological polar surface area (TPSA) is 3.24 Å². The lowest BCUT2D eigenvalue weighted by atomic mass is 10.2. The first-order valence-corrected chi connectivity index (χ1v) is 8.35. The number of fused-ring (bicyclic) bond motifs is 2. The molecule has 0 radical (unpaired) electrons. The van der Waals surface area contributed by atoms with Gasteiger partial charge in [0, 0.05) is 20.0 Å². The molecule has 0 saturated carbocycles. The third-order valence-corrected chi connectivity index (χ3v) is 5.13. The van der Waals surface area contributed by atoms with Gasteiger partial charge in [-0.15, -0.1) is 0 Å². The van der Waals surface area contributed by atoms with Crippen LogP contribution in [0, 0.1) is 0 Å². The SMILES string of the molecule is Brc1ccc2c(c1)N(c1ccccc1)c1ccccc1S2. The molecule has 0 N–H and O–H groups in total. The van der Waals surface area contributed by atoms with Gasteiger partial charge in [-0.25, -0.2) is 0 Å². The summed E-state index contributed by atoms with van der Waals surface area (Å²) in [5, 5.41) is 0. The Morgan fingerprint density at radius 1 is 0.714 bits per heavy atom. The smallest absolute Gasteiger partial charge is 0.0612 e. The van der Waals surface area contributed by atoms with Crippen LogP contribution in [0.15, 0.2) is 87.1 Å². The molecule has 0 amide bonds. The molecule has 0 unspecified atom stereocenters. The molecule has 0 fully saturated rings. The van der Waals surface area contributed by atoms with E-state index in [-0.39, 0.29) is 0 Å². The normalized spacial score (nSPS) is 12.7. The molecule has 1 aliphatic heterocycles. The van der Waals surface area contributed by atoms with E-state index in [2.05, 4.69) is 93.6 Å². The zero-order chi connectivity index (χ0) is 14.2. The van der Waals surface area contributed by atoms with Crippen molar-refractivity contribution in [1.82, 2.24) is 0 Å². The molecule has 3 heteroatoms. The fourth-order valence-electron chi connectivity index (χ4n) is 2.58. The molecule has 21 heavy (non-hydrogen) atoms. The van der Waals surface area contributed by atoms with Gasteiger partial charge in [-0.1, -0.05) is 58.0 Å². The van der Waals surface area contributed by atoms with E-state index in [0.717, 1.165) is 4.47 Å². The highest BCUT2D eigenvalue weighted by Gasteiger charge is 2.24. The highest BCUT2D eigenvalue weighted by molar-refractivity contribution is 9.10. The van der Waals surface area contributed by atoms with Gasteiger partial charge in [0.25, 0.3) is 0 Å². The third-order valence-electron chi connectivity index (χ3n) is 3.50. The van der Waals surface area contributed by atoms with Gasteiger partial charge in [0.05, 0.1) is 11.4 Å². The molecule has 102 valence electrons. The Hall–Kier alpha value is -1.71. The number of hydrogen-bond donors (Lipinski definition) is 0. The van der Waals surface area contributed by atoms with E-state index in [1.54, 1.807) is 0 Å². The predicted octanol–water partition coefficient (Wildman–Crippen LogP) is 6.38. The van der Waals surface area contributed by atoms with E-state index in [1.807, 2.05) is 11.8 Å². The van der Waals surface area contributed by atoms with Gasteiger partial charge in [-0.05, 0) is 42.5 Å². The first-order valence-electron chi connectivity index (χ1n) is 6.74. The molecule has 1 aliphatic rings. The number of nitrogens with zero attached hydrogens (tertiary/aromatic N) is 1. The standard InChI is InChI=1S/C18H12BrNS/c19-13-10-11-18-16(12-13)20(14-6-2-1-3-7-14)15-8-4-5-9-17(15)21-18/h1-12H. The highest BCUT2D eigenvalue weighted by Crippen LogP contribution is 2.51. The first-order chi connectivity index (χ1) is 10.3. The molecule has 0 atom stereocenters. The van der Waals surface area contributed by atoms with Crippen molar-refractivity contribution < 1.29 is 0 Å². The van der Waals surface area contributed by atoms with Gasteiger partial charge < -0.3 is 4.90 Å². The minimum atomic E-state index is 1.10. The summed E-state index contributed by atoms with van der Waals surface area (Å²) < 4.78 is 1.10. The van der Waals surface area contributed by atoms with E-state index >= 15 is 0 Å². The van der Waals surface area contributed by atoms with Crippen LogP contribution in [0.3, 0.4) is 0 Å². The highest BCUT2D eigenvalue weighted by atomic mass is 79.9. The fourth-order valence-corrected chi connectivity index (χ4v) is 3.97. The van der Waals surface area contributed by atoms with Crippen molar-refractivity contribution in [3.05, 3.63) is 77.3 Å². The van der Waals surface area contributed by atoms with Crippen LogP contribution in [0.5, 0.6) is 0 Å². The molecular formula is C18H12BrNS. The largest absolute Gasteiger partial charge is 0.308 e. The third kappa shape index (κ3) is 2.27. The van der Waals surface area contributed by atoms with Crippen LogP contribution in [0.2, 0.25) is 0 Å². The van der Waals surface area contributed by atoms with Crippen molar-refractivity contribution in [1.29, 1.82) is 0 Å². The molecule has 3 aromatic rings. The van der Waals surface area contributed by atoms with Crippen LogP contribution in [0.4, 0.5) is 17.1 Å². The second-order valence-electron chi connectivity index (χ2n) is 4.85. The summed E-state index contributed by atoms with van der Waals surface area (Å²) in [6.07, 6.45) is 0. The van der Waals surface area contributed by atoms with Crippen molar-refractivity contribution in [2.24, 2.45) is 0 Å². The Labute approximate surface area is 136 Å². The minimum absolute atomic E-state index is 1.10. The average molecular weight is 354 g/mol. The predicted molar refractivity (Wildman–Crippen MR) is 92.9 cm³/mol. The van der Waals surface area contributed by atoms with E-state index in [4.69, 9.17) is 0 Å². The van der Waals surface area contributed by atoms with Crippen molar-refractivity contribution in [3.8, 4) is 0 Å². The van der Waals surface area contributed by atoms with Crippen LogP contribution in [-0.4, -0.2) is 0 Å². The molecular weight excluding hydrogens is 342 g/mol. The zero-order valence-electron chi connectivity index (χ0n) is 11.2. The van der Waals surface area contributed by atoms with E-state index in [0.29, 0.717) is 0 Å². The number of rotatable bonds is 1. The zero-order valence-corrected chi connectivity index (χ0v) is 13.6. The number of hydrogen-bond acceptors (Lipinski definition) is 2. The van der Waals surface area contributed by atoms with Gasteiger partial charge in [-0.3, -0.25) is 0 Å². The molecule has 1 nitrogen and oxygen atoms in total. The summed E-state index contributed by atoms with van der Waals surface area (Å²) in [5.41, 5.74) is 3.64. The van der Waals surface area contributed by atoms with Crippen molar-refractivity contribution in [3.63, 3.8) is 0 Å². The fraction of sp³-hybridized carbons (Fsp3) is 0. The van der Waals surface area contributed by atoms with Gasteiger partial charge >= 0.3 is 0 Å². The lowest BCUT2D eigenvalue weighted by Gasteiger charge is -2.33. The van der Waals surface area contributed by atoms with E-state index < -0.39 is 0 Å². The Kier molecular flexibility index (Phi) is 3.24. The summed E-state index contributed by atoms with van der Waals surface area (Å²) in [6, 6.07) is 25.5. The summed E-state index contributed by atoms with van der Waals surface area (Å²) >= 11 is 5.42. The monoisotopic (exact) mass is 353 g/mol. The van der Waals surface area contributed by atoms with Crippen LogP contribution in [0.25, 0.3) is 0 Å². The molecule has 0 aliphatic carbocycles. The lowest BCUT2D eigenvalue weighted by molar-refractivity contribution is 1.16. The Bertz CT molecular complexity index is 801. The van der Waals surface area contributed by atoms with Crippen LogP contribution in [-0.2, 0) is 0 Å². The number of para-hydroxylation sites is 2. The molecule has 0 bridgehead atoms. The van der Waals surface area contributed by atoms with Gasteiger partial charge in [0.15, 0.2) is 0 Å². The maximum absolute atomic E-state index is 3.59. The maximum Gasteiger partial charge on any atom is 0.0612 e. The quantitative estimate of drug-likeness (QED) is 0.390. The summed E-state index contributed by atoms with van der Waals surface area (Å²) in [6.45, 7) is 0. The van der Waals surface area contributed by atoms with Crippen molar-refractivity contribution in [2.45, 2.75) is 9.79 Å². The van der Waals surface area contributed by atoms with Crippen LogP contribution < -0.4 is 4.90 Å². The Morgan fingerprint density at radius 2 is 1.43 bits per heavy atom. The number of halogens is 1. The van der Waals surface area contributed by atoms with Gasteiger partial charge in [-0.2, -0.15) is 0 Å². The maximum atomic E-state index is 3.59. The molecule has 3 aromatic carbocycles. The van der Waals surface area contributed by atoms with Crippen molar-refractivity contribution in [2.75, 3.05) is 4.90 Å². The Morgan fingerprint density at radius 3 is 2.29 bits per heavy atom. The molecule has 0 spiro atoms. The summed E-state index contributed by atoms with van der Waals surface area (Å²) in [4.78, 5) is 4.89. The number of benzene rings is 3. The second kappa shape index (κ2) is 5.24. The van der Waals surface area contributed by atoms with Gasteiger partial charge in [0.2, 0.25) is 0 Å². The first kappa shape index (κ1) is 13.0. The van der Waals surface area contributed by atoms with E-state index in [9.17, 15) is 0 Å². The minimum Gasteiger partial charge on any atom is -0.308 e. The van der Waals surface area contributed by atoms with Crippen LogP contribution >= 0.6 is 27.7 Å². The lowest BCUT2D eigenvalue weighted by Crippen LogP contribution is -2.14. The molecule has 4 rings (SSSR count). The summed E-state index contributed by atoms with van der Waals surface area (Å²) in [7, 11) is 0. The summed E-state index contributed by atoms with van der Waals surface area (Å²) in [5.74, 6) is 0. The molecule has 0 saturated heterocycles. The van der Waals surface area contributed by atoms with Crippen molar-refractivity contribution >= 4 is 44.8 Å². The Balaban J connectivity index is 1.98. The second-order valence-corrected chi connectivity index (χ2v) is 6.85. The van der Waals surface area contributed by atoms with Crippen LogP contribution in [0.1, 0.15) is 0 Å². The number of anilines is 3. The van der Waals surface area contributed by atoms with Gasteiger partial charge in [0.1, 0.15) is 0 Å².